The number of ether oxygens (including phenoxy) is 4. The first-order chi connectivity index (χ1) is 63.3. The van der Waals surface area contributed by atoms with Crippen LogP contribution in [-0.4, -0.2) is 123 Å². The van der Waals surface area contributed by atoms with Gasteiger partial charge in [0.1, 0.15) is 35.1 Å². The fourth-order valence-electron chi connectivity index (χ4n) is 11.2. The van der Waals surface area contributed by atoms with Crippen molar-refractivity contribution in [3.63, 3.8) is 0 Å². The molecule has 1 unspecified atom stereocenters. The van der Waals surface area contributed by atoms with Crippen LogP contribution in [0.1, 0.15) is 90.0 Å². The lowest BCUT2D eigenvalue weighted by Crippen LogP contribution is -2.38. The highest BCUT2D eigenvalue weighted by molar-refractivity contribution is 14.1. The number of phenolic OH excluding ortho intramolecular Hbond substituents is 3. The van der Waals surface area contributed by atoms with E-state index in [9.17, 15) is 61.8 Å². The number of carboxylic acids is 1. The molecule has 134 heavy (non-hydrogen) atoms. The first-order valence-electron chi connectivity index (χ1n) is 38.6. The summed E-state index contributed by atoms with van der Waals surface area (Å²) in [5.41, 5.74) is 24.1. The molecule has 11 aromatic carbocycles. The molecule has 2 amide bonds. The molecule has 17 rings (SSSR count). The molecule has 0 saturated carbocycles. The number of carbonyl (C=O) groups is 5. The van der Waals surface area contributed by atoms with Gasteiger partial charge in [-0.1, -0.05) is 84.4 Å². The average Bonchev–Trinajstić information content (AvgIpc) is 0.815. The van der Waals surface area contributed by atoms with E-state index >= 15 is 0 Å². The zero-order valence-electron chi connectivity index (χ0n) is 69.6. The van der Waals surface area contributed by atoms with Gasteiger partial charge in [0.2, 0.25) is 0 Å². The second kappa shape index (κ2) is 54.6. The number of aromatic nitrogens is 5. The predicted molar refractivity (Wildman–Crippen MR) is 570 cm³/mol. The van der Waals surface area contributed by atoms with Crippen LogP contribution in [0.15, 0.2) is 259 Å². The Labute approximate surface area is 876 Å². The Hall–Kier alpha value is -9.26. The molecule has 31 nitrogen and oxygen atoms in total. The third kappa shape index (κ3) is 38.0. The number of nitrogens with one attached hydrogen (secondary N) is 5. The number of aromatic carboxylic acids is 1. The summed E-state index contributed by atoms with van der Waals surface area (Å²) >= 11 is 42.9. The van der Waals surface area contributed by atoms with Gasteiger partial charge in [0.15, 0.2) is 6.29 Å². The molecule has 704 valence electrons. The highest BCUT2D eigenvalue weighted by Gasteiger charge is 2.33. The van der Waals surface area contributed by atoms with Crippen molar-refractivity contribution < 1.29 is 80.7 Å². The minimum atomic E-state index is -4.02. The predicted octanol–water partition coefficient (Wildman–Crippen LogP) is 20.7. The standard InChI is InChI=1S/C15H11IN2O.C14H11IN2O2.C14H9IN2O2.C8H4INO3.C7H7IN2O.C7H6INO2.C7H8O3S.C7H6O2.2C4H8O.C3Cl6O3/c1-9-4-2-3-5-11(9)14-17-13-7-6-10(16)8-12(13)15(19)18-14;2*15-8-5-6-11-10(7-8)14(19)17-13(16-11)9-3-1-2-4-12(9)18;9-4-1-2-6-5(3-4)7(11)13-8(12)10-6;2*8-4-1-2-6(9)5(3-4)7(10)11;1-6-2-4-7(5-3-6)11(8,9)10;8-5-6-3-1-2-4-7(6)9;2*1-2-4-5-3-1;4-2(5,6)11-1(10)12-3(7,8)9/h2-8H,1H3,(H,17,18,19);1-7,13,16,18H,(H,17,19);1-7,18H,(H,16,17,19);1-3H,(H,10,12);1-3H,9H2,(H2,10,11);1-3H,9H2,(H,10,11);2-5H,1H3,(H,8,9,10);1-5,9H;2*1-4H2;. The molecule has 0 aliphatic carbocycles. The summed E-state index contributed by atoms with van der Waals surface area (Å²) in [5.74, 6) is -1.05. The van der Waals surface area contributed by atoms with Gasteiger partial charge in [-0.05, 0) is 402 Å². The van der Waals surface area contributed by atoms with Crippen LogP contribution in [0.4, 0.5) is 21.9 Å². The fraction of sp³-hybridized carbons (Fsp3) is 0.144. The first-order valence-corrected chi connectivity index (χ1v) is 48.8. The Morgan fingerprint density at radius 3 is 1.38 bits per heavy atom. The number of hydrogen-bond donors (Lipinski definition) is 13. The number of fused-ring (bicyclic) bond motifs is 4. The number of aldehydes is 1. The molecule has 0 bridgehead atoms. The molecule has 14 aromatic rings. The highest BCUT2D eigenvalue weighted by Crippen LogP contribution is 2.35. The van der Waals surface area contributed by atoms with E-state index in [1.54, 1.807) is 127 Å². The number of carboxylic acid groups (broad SMARTS) is 1. The molecule has 6 heterocycles. The zero-order chi connectivity index (χ0) is 98.7. The third-order valence-corrected chi connectivity index (χ3v) is 22.9. The van der Waals surface area contributed by atoms with Crippen LogP contribution in [0, 0.1) is 35.3 Å². The number of halogens is 12. The molecule has 3 aliphatic rings. The minimum absolute atomic E-state index is 0.0347. The van der Waals surface area contributed by atoms with Crippen LogP contribution in [0.2, 0.25) is 0 Å². The van der Waals surface area contributed by atoms with Crippen LogP contribution in [0.25, 0.3) is 55.5 Å². The molecule has 1 atom stereocenters. The number of phenols is 3. The molecular weight excluding hydrogens is 2560 g/mol. The van der Waals surface area contributed by atoms with E-state index in [0.717, 1.165) is 75.7 Å². The summed E-state index contributed by atoms with van der Waals surface area (Å²) in [4.78, 5) is 117. The van der Waals surface area contributed by atoms with Crippen molar-refractivity contribution in [2.24, 2.45) is 5.73 Å². The largest absolute Gasteiger partial charge is 0.515 e. The second-order valence-electron chi connectivity index (χ2n) is 27.4. The van der Waals surface area contributed by atoms with E-state index in [4.69, 9.17) is 111 Å². The lowest BCUT2D eigenvalue weighted by atomic mass is 10.1. The quantitative estimate of drug-likeness (QED) is 0.0176. The topological polar surface area (TPSA) is 514 Å². The number of benzene rings is 11. The zero-order valence-corrected chi connectivity index (χ0v) is 87.9. The summed E-state index contributed by atoms with van der Waals surface area (Å²) < 4.78 is 53.1. The Morgan fingerprint density at radius 1 is 0.500 bits per heavy atom. The monoisotopic (exact) mass is 2640 g/mol. The number of aromatic amines is 3. The number of nitrogen functional groups attached to an aromatic ring is 2. The van der Waals surface area contributed by atoms with Gasteiger partial charge in [0.25, 0.3) is 33.1 Å². The second-order valence-corrected chi connectivity index (χ2v) is 40.6. The lowest BCUT2D eigenvalue weighted by Gasteiger charge is -2.28. The third-order valence-electron chi connectivity index (χ3n) is 17.5. The number of hydrogen-bond acceptors (Lipinski definition) is 24. The van der Waals surface area contributed by atoms with Gasteiger partial charge in [0, 0.05) is 76.0 Å². The number of alkyl halides is 6. The van der Waals surface area contributed by atoms with E-state index in [0.29, 0.717) is 84.3 Å². The summed E-state index contributed by atoms with van der Waals surface area (Å²) in [6.45, 7) is 7.85. The Morgan fingerprint density at radius 2 is 0.933 bits per heavy atom. The van der Waals surface area contributed by atoms with Crippen molar-refractivity contribution in [3.8, 4) is 40.0 Å². The Kier molecular flexibility index (Phi) is 45.5. The van der Waals surface area contributed by atoms with Crippen molar-refractivity contribution in [1.82, 2.24) is 30.2 Å². The van der Waals surface area contributed by atoms with Gasteiger partial charge < -0.3 is 81.6 Å². The molecule has 2 saturated heterocycles. The van der Waals surface area contributed by atoms with E-state index in [2.05, 4.69) is 162 Å². The maximum Gasteiger partial charge on any atom is 0.515 e. The van der Waals surface area contributed by atoms with Crippen molar-refractivity contribution in [2.75, 3.05) is 43.2 Å². The molecule has 44 heteroatoms. The Bertz CT molecular complexity index is 6590. The van der Waals surface area contributed by atoms with Gasteiger partial charge in [0.05, 0.1) is 65.4 Å². The molecule has 3 aliphatic heterocycles. The van der Waals surface area contributed by atoms with Crippen molar-refractivity contribution in [2.45, 2.75) is 58.5 Å². The summed E-state index contributed by atoms with van der Waals surface area (Å²) in [6, 6.07) is 66.0. The minimum Gasteiger partial charge on any atom is -0.508 e. The van der Waals surface area contributed by atoms with E-state index in [-0.39, 0.29) is 44.7 Å². The number of aryl methyl sites for hydroxylation is 2. The average molecular weight is 2640 g/mol. The van der Waals surface area contributed by atoms with Gasteiger partial charge in [-0.25, -0.2) is 29.1 Å². The number of aromatic hydroxyl groups is 3. The molecule has 2 fully saturated rings. The van der Waals surface area contributed by atoms with Crippen LogP contribution < -0.4 is 50.3 Å². The number of para-hydroxylation sites is 3. The van der Waals surface area contributed by atoms with Gasteiger partial charge >= 0.3 is 31.5 Å². The summed E-state index contributed by atoms with van der Waals surface area (Å²) in [6.07, 6.45) is 3.91. The number of primary amides is 1. The SMILES string of the molecule is C1CCOC1.C1CCOC1.Cc1ccc(S(=O)(=O)O)cc1.Cc1ccccc1-c1nc2ccc(I)cc2c(=O)[nH]1.NC(=O)c1cc(I)ccc1N.Nc1ccc(I)cc1C(=O)O.O=C(OC(Cl)(Cl)Cl)OC(Cl)(Cl)Cl.O=C1NC(c2ccccc2O)Nc2ccc(I)cc21.O=Cc1ccccc1O.O=c1[nH]c(-c2ccccc2O)nc2ccc(I)cc12.O=c1[nH]c2ccc(I)cc2c(=O)o1. The van der Waals surface area contributed by atoms with Gasteiger partial charge in [-0.2, -0.15) is 8.42 Å². The van der Waals surface area contributed by atoms with E-state index in [1.807, 2.05) is 115 Å². The van der Waals surface area contributed by atoms with E-state index < -0.39 is 53.7 Å². The number of nitrogens with two attached hydrogens (primary N) is 3. The molecular formula is C90H78Cl6I6N10O21S. The van der Waals surface area contributed by atoms with Crippen LogP contribution in [-0.2, 0) is 29.1 Å². The van der Waals surface area contributed by atoms with E-state index in [1.165, 1.54) is 49.9 Å². The van der Waals surface area contributed by atoms with Crippen molar-refractivity contribution in [3.05, 3.63) is 333 Å². The summed E-state index contributed by atoms with van der Waals surface area (Å²) in [5, 5.41) is 44.8. The maximum absolute atomic E-state index is 12.1. The molecule has 3 aromatic heterocycles. The van der Waals surface area contributed by atoms with Crippen LogP contribution in [0.3, 0.4) is 0 Å². The van der Waals surface area contributed by atoms with Crippen LogP contribution >= 0.6 is 205 Å². The lowest BCUT2D eigenvalue weighted by molar-refractivity contribution is 0.0507. The number of rotatable bonds is 7. The molecule has 0 radical (unpaired) electrons. The van der Waals surface area contributed by atoms with Gasteiger partial charge in [-0.15, -0.1) is 0 Å². The van der Waals surface area contributed by atoms with Crippen LogP contribution in [0.5, 0.6) is 17.2 Å². The summed E-state index contributed by atoms with van der Waals surface area (Å²) in [7, 11) is -4.02. The molecule has 16 N–H and O–H groups in total. The number of amides is 2. The first kappa shape index (κ1) is 112. The number of H-pyrrole nitrogens is 3. The van der Waals surface area contributed by atoms with Gasteiger partial charge in [-0.3, -0.25) is 33.5 Å². The Balaban J connectivity index is 0.000000205. The highest BCUT2D eigenvalue weighted by atomic mass is 127. The number of carbonyl (C=O) groups excluding carboxylic acids is 4. The van der Waals surface area contributed by atoms with Crippen molar-refractivity contribution in [1.29, 1.82) is 0 Å². The van der Waals surface area contributed by atoms with Crippen molar-refractivity contribution >= 4 is 295 Å². The fourth-order valence-corrected chi connectivity index (χ4v) is 15.0. The molecule has 0 spiro atoms. The normalized spacial score (nSPS) is 12.6. The number of anilines is 3. The number of nitrogens with zero attached hydrogens (tertiary/aromatic N) is 2. The maximum atomic E-state index is 12.1. The smallest absolute Gasteiger partial charge is 0.508 e.